The third-order valence-corrected chi connectivity index (χ3v) is 4.50. The molecule has 1 N–H and O–H groups in total. The zero-order valence-electron chi connectivity index (χ0n) is 13.1. The van der Waals surface area contributed by atoms with E-state index >= 15 is 0 Å². The van der Waals surface area contributed by atoms with E-state index in [1.807, 2.05) is 12.1 Å². The number of hydroxylamine groups is 2. The number of fused-ring (bicyclic) bond motifs is 2. The van der Waals surface area contributed by atoms with Crippen molar-refractivity contribution < 1.29 is 31.6 Å². The van der Waals surface area contributed by atoms with E-state index in [2.05, 4.69) is 9.27 Å². The highest BCUT2D eigenvalue weighted by molar-refractivity contribution is 7.80. The molecule has 0 radical (unpaired) electrons. The number of carbonyl (C=O) groups is 2. The Hall–Kier alpha value is -2.24. The highest BCUT2D eigenvalue weighted by atomic mass is 32.3. The summed E-state index contributed by atoms with van der Waals surface area (Å²) in [5.41, 5.74) is 0.969. The van der Waals surface area contributed by atoms with Crippen LogP contribution >= 0.6 is 0 Å². The Morgan fingerprint density at radius 1 is 1.32 bits per heavy atom. The number of urea groups is 1. The maximum absolute atomic E-state index is 12.3. The fraction of sp³-hybridized carbons (Fsp3) is 0.500. The lowest BCUT2D eigenvalue weighted by molar-refractivity contribution is -0.149. The summed E-state index contributed by atoms with van der Waals surface area (Å²) in [6.07, 6.45) is 4.50. The van der Waals surface area contributed by atoms with Crippen molar-refractivity contribution in [3.8, 4) is 0 Å². The van der Waals surface area contributed by atoms with Crippen LogP contribution in [0.3, 0.4) is 0 Å². The molecule has 1 aromatic rings. The maximum Gasteiger partial charge on any atom is 0.418 e. The van der Waals surface area contributed by atoms with Gasteiger partial charge in [-0.1, -0.05) is 0 Å². The quantitative estimate of drug-likeness (QED) is 0.554. The molecule has 10 nitrogen and oxygen atoms in total. The van der Waals surface area contributed by atoms with Crippen LogP contribution in [0.2, 0.25) is 0 Å². The van der Waals surface area contributed by atoms with Gasteiger partial charge in [0.05, 0.1) is 12.6 Å². The predicted octanol–water partition coefficient (Wildman–Crippen LogP) is 0.170. The second-order valence-electron chi connectivity index (χ2n) is 5.78. The van der Waals surface area contributed by atoms with Gasteiger partial charge in [-0.3, -0.25) is 9.54 Å². The Morgan fingerprint density at radius 3 is 2.72 bits per heavy atom. The summed E-state index contributed by atoms with van der Waals surface area (Å²) in [5.74, 6) is -0.547. The number of amides is 2. The van der Waals surface area contributed by atoms with Crippen LogP contribution in [0.15, 0.2) is 24.5 Å². The molecule has 2 aliphatic rings. The predicted molar refractivity (Wildman–Crippen MR) is 82.3 cm³/mol. The van der Waals surface area contributed by atoms with Crippen molar-refractivity contribution in [2.24, 2.45) is 0 Å². The van der Waals surface area contributed by atoms with Crippen LogP contribution in [0.1, 0.15) is 18.4 Å². The van der Waals surface area contributed by atoms with E-state index in [9.17, 15) is 18.0 Å². The van der Waals surface area contributed by atoms with Gasteiger partial charge in [-0.25, -0.2) is 9.59 Å². The molecule has 3 heterocycles. The van der Waals surface area contributed by atoms with E-state index in [0.29, 0.717) is 24.3 Å². The molecular weight excluding hydrogens is 354 g/mol. The molecule has 136 valence electrons. The Labute approximate surface area is 144 Å². The smallest absolute Gasteiger partial charge is 0.418 e. The molecular formula is C14H17N3O7S. The fourth-order valence-electron chi connectivity index (χ4n) is 2.99. The fourth-order valence-corrected chi connectivity index (χ4v) is 3.38. The van der Waals surface area contributed by atoms with Gasteiger partial charge >= 0.3 is 22.4 Å². The van der Waals surface area contributed by atoms with E-state index in [0.717, 1.165) is 5.56 Å². The van der Waals surface area contributed by atoms with Crippen LogP contribution < -0.4 is 0 Å². The van der Waals surface area contributed by atoms with E-state index < -0.39 is 34.5 Å². The SMILES string of the molecule is O=C(OCCc1ccncc1)C1CC[C@@H]2CN1C(=O)N2OS(=O)(=O)O. The molecule has 0 aromatic carbocycles. The molecule has 2 atom stereocenters. The molecule has 2 saturated heterocycles. The van der Waals surface area contributed by atoms with Gasteiger partial charge in [0, 0.05) is 25.4 Å². The normalized spacial score (nSPS) is 23.0. The van der Waals surface area contributed by atoms with Crippen molar-refractivity contribution in [1.82, 2.24) is 14.9 Å². The summed E-state index contributed by atoms with van der Waals surface area (Å²) in [4.78, 5) is 29.6. The van der Waals surface area contributed by atoms with Crippen LogP contribution in [-0.4, -0.2) is 65.2 Å². The van der Waals surface area contributed by atoms with Crippen molar-refractivity contribution >= 4 is 22.4 Å². The molecule has 2 amide bonds. The van der Waals surface area contributed by atoms with E-state index in [1.165, 1.54) is 4.90 Å². The number of esters is 1. The van der Waals surface area contributed by atoms with Gasteiger partial charge in [-0.05, 0) is 30.5 Å². The van der Waals surface area contributed by atoms with Gasteiger partial charge in [-0.15, -0.1) is 4.28 Å². The largest absolute Gasteiger partial charge is 0.464 e. The number of hydrogen-bond donors (Lipinski definition) is 1. The van der Waals surface area contributed by atoms with E-state index in [1.54, 1.807) is 12.4 Å². The Kier molecular flexibility index (Phi) is 4.88. The monoisotopic (exact) mass is 371 g/mol. The number of hydrogen-bond acceptors (Lipinski definition) is 7. The average Bonchev–Trinajstić information content (AvgIpc) is 2.79. The Morgan fingerprint density at radius 2 is 2.04 bits per heavy atom. The second kappa shape index (κ2) is 6.94. The lowest BCUT2D eigenvalue weighted by Gasteiger charge is -2.28. The molecule has 11 heteroatoms. The number of pyridine rings is 1. The number of aromatic nitrogens is 1. The van der Waals surface area contributed by atoms with E-state index in [4.69, 9.17) is 9.29 Å². The number of carbonyl (C=O) groups excluding carboxylic acids is 2. The molecule has 3 rings (SSSR count). The molecule has 0 aliphatic carbocycles. The van der Waals surface area contributed by atoms with Crippen LogP contribution in [0.5, 0.6) is 0 Å². The standard InChI is InChI=1S/C14H17N3O7S/c18-13(23-8-5-10-3-6-15-7-4-10)12-2-1-11-9-16(12)14(19)17(11)24-25(20,21)22/h3-4,6-7,11-12H,1-2,5,8-9H2,(H,20,21,22)/t11-,12?/m1/s1. The lowest BCUT2D eigenvalue weighted by atomic mass is 10.0. The first-order chi connectivity index (χ1) is 11.8. The van der Waals surface area contributed by atoms with Crippen LogP contribution in [0.4, 0.5) is 4.79 Å². The minimum atomic E-state index is -4.80. The van der Waals surface area contributed by atoms with Gasteiger partial charge in [0.1, 0.15) is 6.04 Å². The summed E-state index contributed by atoms with van der Waals surface area (Å²) in [6, 6.07) is 1.52. The minimum absolute atomic E-state index is 0.137. The second-order valence-corrected chi connectivity index (χ2v) is 6.79. The first-order valence-corrected chi connectivity index (χ1v) is 9.04. The van der Waals surface area contributed by atoms with E-state index in [-0.39, 0.29) is 13.2 Å². The molecule has 25 heavy (non-hydrogen) atoms. The maximum atomic E-state index is 12.3. The van der Waals surface area contributed by atoms with Crippen LogP contribution in [0.25, 0.3) is 0 Å². The first-order valence-electron chi connectivity index (χ1n) is 7.67. The van der Waals surface area contributed by atoms with Crippen molar-refractivity contribution in [2.45, 2.75) is 31.3 Å². The molecule has 2 fully saturated rings. The molecule has 0 saturated carbocycles. The number of piperidine rings is 1. The molecule has 2 bridgehead atoms. The average molecular weight is 371 g/mol. The van der Waals surface area contributed by atoms with Gasteiger partial charge < -0.3 is 9.64 Å². The number of rotatable bonds is 6. The first kappa shape index (κ1) is 17.6. The van der Waals surface area contributed by atoms with Gasteiger partial charge in [0.25, 0.3) is 0 Å². The van der Waals surface area contributed by atoms with Gasteiger partial charge in [0.2, 0.25) is 0 Å². The Bertz CT molecular complexity index is 755. The number of nitrogens with zero attached hydrogens (tertiary/aromatic N) is 3. The topological polar surface area (TPSA) is 126 Å². The third-order valence-electron chi connectivity index (χ3n) is 4.15. The van der Waals surface area contributed by atoms with Crippen molar-refractivity contribution in [3.05, 3.63) is 30.1 Å². The summed E-state index contributed by atoms with van der Waals surface area (Å²) in [6.45, 7) is 0.300. The summed E-state index contributed by atoms with van der Waals surface area (Å²) in [5, 5.41) is 0.597. The van der Waals surface area contributed by atoms with Crippen molar-refractivity contribution in [1.29, 1.82) is 0 Å². The van der Waals surface area contributed by atoms with Crippen molar-refractivity contribution in [2.75, 3.05) is 13.2 Å². The third kappa shape index (κ3) is 4.06. The molecule has 2 aliphatic heterocycles. The summed E-state index contributed by atoms with van der Waals surface area (Å²) in [7, 11) is -4.80. The number of ether oxygens (including phenoxy) is 1. The summed E-state index contributed by atoms with van der Waals surface area (Å²) >= 11 is 0. The van der Waals surface area contributed by atoms with Crippen LogP contribution in [0, 0.1) is 0 Å². The zero-order chi connectivity index (χ0) is 18.0. The summed E-state index contributed by atoms with van der Waals surface area (Å²) < 4.78 is 40.0. The lowest BCUT2D eigenvalue weighted by Crippen LogP contribution is -2.46. The Balaban J connectivity index is 1.57. The highest BCUT2D eigenvalue weighted by Gasteiger charge is 2.49. The minimum Gasteiger partial charge on any atom is -0.464 e. The molecule has 0 spiro atoms. The zero-order valence-corrected chi connectivity index (χ0v) is 14.0. The molecule has 1 aromatic heterocycles. The van der Waals surface area contributed by atoms with Gasteiger partial charge in [0.15, 0.2) is 0 Å². The highest BCUT2D eigenvalue weighted by Crippen LogP contribution is 2.31. The van der Waals surface area contributed by atoms with Gasteiger partial charge in [-0.2, -0.15) is 13.5 Å². The van der Waals surface area contributed by atoms with Crippen molar-refractivity contribution in [3.63, 3.8) is 0 Å². The molecule has 1 unspecified atom stereocenters. The van der Waals surface area contributed by atoms with Crippen LogP contribution in [-0.2, 0) is 30.6 Å².